The van der Waals surface area contributed by atoms with Gasteiger partial charge in [0, 0.05) is 50.2 Å². The Balaban J connectivity index is 1.35. The summed E-state index contributed by atoms with van der Waals surface area (Å²) in [6.45, 7) is 1.94. The first-order valence-electron chi connectivity index (χ1n) is 11.0. The molecule has 0 atom stereocenters. The van der Waals surface area contributed by atoms with Gasteiger partial charge in [-0.15, -0.1) is 0 Å². The zero-order valence-electron chi connectivity index (χ0n) is 18.4. The number of benzene rings is 2. The lowest BCUT2D eigenvalue weighted by molar-refractivity contribution is 0.0742. The number of fused-ring (bicyclic) bond motifs is 1. The predicted molar refractivity (Wildman–Crippen MR) is 132 cm³/mol. The molecule has 0 unspecified atom stereocenters. The van der Waals surface area contributed by atoms with Gasteiger partial charge >= 0.3 is 0 Å². The second-order valence-corrected chi connectivity index (χ2v) is 9.12. The van der Waals surface area contributed by atoms with Crippen molar-refractivity contribution >= 4 is 40.3 Å². The average molecular weight is 517 g/mol. The van der Waals surface area contributed by atoms with E-state index in [-0.39, 0.29) is 33.5 Å². The summed E-state index contributed by atoms with van der Waals surface area (Å²) in [5, 5.41) is 0.458. The molecule has 0 bridgehead atoms. The Labute approximate surface area is 209 Å². The number of hydrogen-bond acceptors (Lipinski definition) is 3. The van der Waals surface area contributed by atoms with Crippen LogP contribution < -0.4 is 10.5 Å². The first-order valence-corrected chi connectivity index (χ1v) is 11.7. The van der Waals surface area contributed by atoms with E-state index in [4.69, 9.17) is 23.2 Å². The number of aromatic amines is 1. The summed E-state index contributed by atoms with van der Waals surface area (Å²) in [4.78, 5) is 31.6. The van der Waals surface area contributed by atoms with Gasteiger partial charge in [-0.1, -0.05) is 29.3 Å². The summed E-state index contributed by atoms with van der Waals surface area (Å²) in [5.41, 5.74) is 2.13. The van der Waals surface area contributed by atoms with Gasteiger partial charge in [0.2, 0.25) is 0 Å². The number of piperazine rings is 1. The molecule has 0 saturated carbocycles. The quantitative estimate of drug-likeness (QED) is 0.425. The van der Waals surface area contributed by atoms with E-state index in [2.05, 4.69) is 9.88 Å². The van der Waals surface area contributed by atoms with Crippen LogP contribution in [-0.2, 0) is 6.42 Å². The largest absolute Gasteiger partial charge is 0.368 e. The van der Waals surface area contributed by atoms with Crippen LogP contribution >= 0.6 is 23.2 Å². The standard InChI is InChI=1S/C25H20Cl2F2N4O2/c26-20-13-22-24(34)30-14-18(33(22)23(20)27)11-15-1-6-21(29)19(12-15)25(35)32-9-7-31(8-10-32)17-4-2-16(28)3-5-17/h1-6,12-14H,7-11H2,(H,30,34). The summed E-state index contributed by atoms with van der Waals surface area (Å²) >= 11 is 12.4. The van der Waals surface area contributed by atoms with Crippen molar-refractivity contribution in [2.75, 3.05) is 31.1 Å². The number of carbonyl (C=O) groups excluding carboxylic acids is 1. The Morgan fingerprint density at radius 3 is 2.40 bits per heavy atom. The highest BCUT2D eigenvalue weighted by Crippen LogP contribution is 2.27. The van der Waals surface area contributed by atoms with Gasteiger partial charge in [0.1, 0.15) is 22.3 Å². The molecule has 180 valence electrons. The normalized spacial score (nSPS) is 14.1. The minimum Gasteiger partial charge on any atom is -0.368 e. The van der Waals surface area contributed by atoms with Crippen molar-refractivity contribution in [3.05, 3.63) is 104 Å². The number of hydrogen-bond donors (Lipinski definition) is 1. The minimum absolute atomic E-state index is 0.0185. The van der Waals surface area contributed by atoms with Crippen LogP contribution in [0.25, 0.3) is 5.52 Å². The lowest BCUT2D eigenvalue weighted by Gasteiger charge is -2.36. The molecule has 10 heteroatoms. The summed E-state index contributed by atoms with van der Waals surface area (Å²) < 4.78 is 29.4. The van der Waals surface area contributed by atoms with Crippen molar-refractivity contribution in [3.8, 4) is 0 Å². The van der Waals surface area contributed by atoms with E-state index in [9.17, 15) is 18.4 Å². The van der Waals surface area contributed by atoms with Gasteiger partial charge in [-0.25, -0.2) is 8.78 Å². The Kier molecular flexibility index (Phi) is 6.25. The lowest BCUT2D eigenvalue weighted by atomic mass is 10.0. The maximum atomic E-state index is 14.7. The molecule has 0 spiro atoms. The number of H-pyrrole nitrogens is 1. The molecular weight excluding hydrogens is 497 g/mol. The van der Waals surface area contributed by atoms with Crippen LogP contribution in [0.2, 0.25) is 10.2 Å². The van der Waals surface area contributed by atoms with Crippen molar-refractivity contribution in [1.29, 1.82) is 0 Å². The van der Waals surface area contributed by atoms with Gasteiger partial charge < -0.3 is 14.8 Å². The van der Waals surface area contributed by atoms with Crippen LogP contribution in [0, 0.1) is 11.6 Å². The summed E-state index contributed by atoms with van der Waals surface area (Å²) in [6.07, 6.45) is 1.81. The van der Waals surface area contributed by atoms with Crippen molar-refractivity contribution in [3.63, 3.8) is 0 Å². The molecule has 6 nitrogen and oxygen atoms in total. The molecule has 1 fully saturated rings. The van der Waals surface area contributed by atoms with E-state index >= 15 is 0 Å². The monoisotopic (exact) mass is 516 g/mol. The molecule has 35 heavy (non-hydrogen) atoms. The van der Waals surface area contributed by atoms with Crippen LogP contribution in [0.5, 0.6) is 0 Å². The van der Waals surface area contributed by atoms with Crippen molar-refractivity contribution in [2.45, 2.75) is 6.42 Å². The average Bonchev–Trinajstić information content (AvgIpc) is 3.17. The van der Waals surface area contributed by atoms with Gasteiger partial charge in [-0.3, -0.25) is 14.0 Å². The number of carbonyl (C=O) groups is 1. The van der Waals surface area contributed by atoms with Gasteiger partial charge in [-0.2, -0.15) is 0 Å². The molecule has 0 aliphatic carbocycles. The third-order valence-corrected chi connectivity index (χ3v) is 6.95. The van der Waals surface area contributed by atoms with Gasteiger partial charge in [0.05, 0.1) is 10.6 Å². The van der Waals surface area contributed by atoms with Crippen LogP contribution in [0.15, 0.2) is 59.5 Å². The number of nitrogens with zero attached hydrogens (tertiary/aromatic N) is 3. The number of anilines is 1. The van der Waals surface area contributed by atoms with Crippen molar-refractivity contribution < 1.29 is 13.6 Å². The fourth-order valence-electron chi connectivity index (χ4n) is 4.37. The topological polar surface area (TPSA) is 60.8 Å². The predicted octanol–water partition coefficient (Wildman–Crippen LogP) is 4.77. The van der Waals surface area contributed by atoms with E-state index in [1.807, 2.05) is 0 Å². The van der Waals surface area contributed by atoms with Crippen LogP contribution in [0.4, 0.5) is 14.5 Å². The number of rotatable bonds is 4. The Morgan fingerprint density at radius 1 is 0.971 bits per heavy atom. The molecule has 1 amide bonds. The molecule has 1 N–H and O–H groups in total. The molecule has 1 aliphatic heterocycles. The summed E-state index contributed by atoms with van der Waals surface area (Å²) in [5.74, 6) is -1.30. The summed E-state index contributed by atoms with van der Waals surface area (Å²) in [6, 6.07) is 12.1. The van der Waals surface area contributed by atoms with E-state index in [0.29, 0.717) is 43.0 Å². The number of amides is 1. The maximum Gasteiger partial charge on any atom is 0.272 e. The molecule has 1 aliphatic rings. The molecule has 4 aromatic rings. The fraction of sp³-hybridized carbons (Fsp3) is 0.200. The van der Waals surface area contributed by atoms with Crippen molar-refractivity contribution in [1.82, 2.24) is 14.3 Å². The van der Waals surface area contributed by atoms with E-state index in [1.54, 1.807) is 27.5 Å². The van der Waals surface area contributed by atoms with Crippen LogP contribution in [0.3, 0.4) is 0 Å². The van der Waals surface area contributed by atoms with Crippen LogP contribution in [-0.4, -0.2) is 46.4 Å². The first-order chi connectivity index (χ1) is 16.8. The Morgan fingerprint density at radius 2 is 1.69 bits per heavy atom. The third kappa shape index (κ3) is 4.51. The molecule has 5 rings (SSSR count). The highest BCUT2D eigenvalue weighted by atomic mass is 35.5. The maximum absolute atomic E-state index is 14.7. The van der Waals surface area contributed by atoms with Crippen molar-refractivity contribution in [2.24, 2.45) is 0 Å². The third-order valence-electron chi connectivity index (χ3n) is 6.19. The molecule has 0 radical (unpaired) electrons. The van der Waals surface area contributed by atoms with Gasteiger partial charge in [0.15, 0.2) is 0 Å². The highest BCUT2D eigenvalue weighted by molar-refractivity contribution is 6.42. The zero-order valence-corrected chi connectivity index (χ0v) is 19.9. The molecule has 2 aromatic heterocycles. The molecule has 3 heterocycles. The molecule has 2 aromatic carbocycles. The smallest absolute Gasteiger partial charge is 0.272 e. The number of nitrogens with one attached hydrogen (secondary N) is 1. The summed E-state index contributed by atoms with van der Waals surface area (Å²) in [7, 11) is 0. The molecule has 1 saturated heterocycles. The second-order valence-electron chi connectivity index (χ2n) is 8.36. The Bertz CT molecular complexity index is 1480. The zero-order chi connectivity index (χ0) is 24.7. The van der Waals surface area contributed by atoms with E-state index < -0.39 is 11.7 Å². The van der Waals surface area contributed by atoms with Gasteiger partial charge in [0.25, 0.3) is 11.5 Å². The number of aromatic nitrogens is 2. The van der Waals surface area contributed by atoms with Gasteiger partial charge in [-0.05, 0) is 48.0 Å². The Hall–Kier alpha value is -3.36. The highest BCUT2D eigenvalue weighted by Gasteiger charge is 2.25. The minimum atomic E-state index is -0.603. The van der Waals surface area contributed by atoms with E-state index in [1.165, 1.54) is 36.5 Å². The second kappa shape index (κ2) is 9.36. The molecular formula is C25H20Cl2F2N4O2. The SMILES string of the molecule is O=C(c1cc(Cc2c[nH]c(=O)c3cc(Cl)c(Cl)n23)ccc1F)N1CCN(c2ccc(F)cc2)CC1. The number of halogens is 4. The van der Waals surface area contributed by atoms with Crippen LogP contribution in [0.1, 0.15) is 21.6 Å². The fourth-order valence-corrected chi connectivity index (χ4v) is 4.81. The van der Waals surface area contributed by atoms with E-state index in [0.717, 1.165) is 5.69 Å². The first kappa shape index (κ1) is 23.4. The lowest BCUT2D eigenvalue weighted by Crippen LogP contribution is -2.49.